The highest BCUT2D eigenvalue weighted by Crippen LogP contribution is 2.34. The molecule has 4 N–H and O–H groups in total. The Bertz CT molecular complexity index is 1240. The maximum atomic E-state index is 9.58. The fraction of sp³-hybridized carbons (Fsp3) is 0. The molecule has 4 aromatic rings. The number of nitriles is 1. The van der Waals surface area contributed by atoms with E-state index in [1.807, 2.05) is 30.3 Å². The number of azo groups is 1. The molecule has 2 aromatic carbocycles. The molecule has 4 rings (SSSR count). The summed E-state index contributed by atoms with van der Waals surface area (Å²) in [4.78, 5) is 4.57. The Morgan fingerprint density at radius 1 is 1.00 bits per heavy atom. The van der Waals surface area contributed by atoms with Gasteiger partial charge in [0.2, 0.25) is 0 Å². The summed E-state index contributed by atoms with van der Waals surface area (Å²) in [6.07, 6.45) is 0. The molecule has 0 unspecified atom stereocenters. The van der Waals surface area contributed by atoms with Crippen molar-refractivity contribution in [3.8, 4) is 17.3 Å². The molecule has 2 heterocycles. The Labute approximate surface area is 164 Å². The molecule has 9 heteroatoms. The van der Waals surface area contributed by atoms with Gasteiger partial charge in [0.15, 0.2) is 17.2 Å². The number of nitrogens with two attached hydrogens (primary N) is 2. The van der Waals surface area contributed by atoms with Gasteiger partial charge in [-0.3, -0.25) is 0 Å². The van der Waals surface area contributed by atoms with Gasteiger partial charge in [-0.1, -0.05) is 41.9 Å². The van der Waals surface area contributed by atoms with Gasteiger partial charge in [-0.05, 0) is 24.3 Å². The van der Waals surface area contributed by atoms with Crippen LogP contribution in [0.4, 0.5) is 23.0 Å². The zero-order valence-corrected chi connectivity index (χ0v) is 15.2. The van der Waals surface area contributed by atoms with Gasteiger partial charge in [0, 0.05) is 10.6 Å². The van der Waals surface area contributed by atoms with E-state index in [1.165, 1.54) is 4.52 Å². The first kappa shape index (κ1) is 17.5. The molecule has 0 amide bonds. The number of halogens is 1. The van der Waals surface area contributed by atoms with Crippen LogP contribution in [-0.2, 0) is 0 Å². The van der Waals surface area contributed by atoms with Crippen LogP contribution in [0, 0.1) is 11.3 Å². The third-order valence-electron chi connectivity index (χ3n) is 4.05. The lowest BCUT2D eigenvalue weighted by Crippen LogP contribution is -2.06. The Balaban J connectivity index is 1.91. The molecule has 28 heavy (non-hydrogen) atoms. The van der Waals surface area contributed by atoms with Crippen molar-refractivity contribution in [3.05, 3.63) is 65.2 Å². The van der Waals surface area contributed by atoms with E-state index in [2.05, 4.69) is 26.4 Å². The molecule has 0 saturated heterocycles. The molecule has 0 bridgehead atoms. The van der Waals surface area contributed by atoms with Crippen molar-refractivity contribution in [3.63, 3.8) is 0 Å². The van der Waals surface area contributed by atoms with Crippen LogP contribution in [0.2, 0.25) is 5.02 Å². The van der Waals surface area contributed by atoms with Crippen molar-refractivity contribution in [2.24, 2.45) is 10.2 Å². The summed E-state index contributed by atoms with van der Waals surface area (Å²) < 4.78 is 1.30. The first-order valence-electron chi connectivity index (χ1n) is 8.19. The van der Waals surface area contributed by atoms with Gasteiger partial charge in [-0.25, -0.2) is 4.98 Å². The number of aromatic nitrogens is 3. The molecule has 0 aliphatic carbocycles. The van der Waals surface area contributed by atoms with Gasteiger partial charge in [-0.2, -0.15) is 14.9 Å². The summed E-state index contributed by atoms with van der Waals surface area (Å²) in [5.41, 5.74) is 14.7. The first-order chi connectivity index (χ1) is 13.6. The van der Waals surface area contributed by atoms with Crippen LogP contribution in [-0.4, -0.2) is 14.6 Å². The minimum absolute atomic E-state index is 0.103. The Morgan fingerprint density at radius 3 is 2.39 bits per heavy atom. The van der Waals surface area contributed by atoms with E-state index in [0.29, 0.717) is 22.1 Å². The minimum Gasteiger partial charge on any atom is -0.382 e. The fourth-order valence-corrected chi connectivity index (χ4v) is 2.83. The van der Waals surface area contributed by atoms with Crippen LogP contribution in [0.15, 0.2) is 64.8 Å². The lowest BCUT2D eigenvalue weighted by atomic mass is 10.1. The lowest BCUT2D eigenvalue weighted by molar-refractivity contribution is 0.955. The van der Waals surface area contributed by atoms with Gasteiger partial charge in [0.1, 0.15) is 17.5 Å². The highest BCUT2D eigenvalue weighted by atomic mass is 35.5. The summed E-state index contributed by atoms with van der Waals surface area (Å²) in [7, 11) is 0. The van der Waals surface area contributed by atoms with Crippen LogP contribution in [0.5, 0.6) is 0 Å². The molecular weight excluding hydrogens is 376 g/mol. The second kappa shape index (κ2) is 6.98. The second-order valence-corrected chi connectivity index (χ2v) is 6.28. The summed E-state index contributed by atoms with van der Waals surface area (Å²) >= 11 is 5.88. The average molecular weight is 389 g/mol. The molecule has 136 valence electrons. The van der Waals surface area contributed by atoms with Crippen LogP contribution < -0.4 is 11.5 Å². The smallest absolute Gasteiger partial charge is 0.188 e. The van der Waals surface area contributed by atoms with E-state index < -0.39 is 0 Å². The standard InChI is InChI=1S/C19H13ClN8/c20-12-6-8-13(9-7-12)25-26-16-17(22)27-28-18(23)14(10-21)15(24-19(16)28)11-4-2-1-3-5-11/h1-9H,23H2,(H2,22,27). The zero-order valence-electron chi connectivity index (χ0n) is 14.4. The number of rotatable bonds is 3. The minimum atomic E-state index is 0.103. The number of hydrogen-bond donors (Lipinski definition) is 2. The molecule has 8 nitrogen and oxygen atoms in total. The zero-order chi connectivity index (χ0) is 19.7. The number of nitrogens with zero attached hydrogens (tertiary/aromatic N) is 6. The van der Waals surface area contributed by atoms with Gasteiger partial charge >= 0.3 is 0 Å². The molecule has 0 spiro atoms. The topological polar surface area (TPSA) is 131 Å². The molecule has 0 radical (unpaired) electrons. The van der Waals surface area contributed by atoms with Crippen molar-refractivity contribution in [1.29, 1.82) is 5.26 Å². The van der Waals surface area contributed by atoms with Crippen molar-refractivity contribution in [1.82, 2.24) is 14.6 Å². The van der Waals surface area contributed by atoms with Crippen molar-refractivity contribution in [2.45, 2.75) is 0 Å². The van der Waals surface area contributed by atoms with E-state index in [0.717, 1.165) is 5.56 Å². The van der Waals surface area contributed by atoms with Gasteiger partial charge in [0.25, 0.3) is 0 Å². The van der Waals surface area contributed by atoms with E-state index in [1.54, 1.807) is 24.3 Å². The third-order valence-corrected chi connectivity index (χ3v) is 4.30. The quantitative estimate of drug-likeness (QED) is 0.499. The maximum absolute atomic E-state index is 9.58. The highest BCUT2D eigenvalue weighted by molar-refractivity contribution is 6.30. The van der Waals surface area contributed by atoms with Crippen LogP contribution >= 0.6 is 11.6 Å². The number of benzene rings is 2. The monoisotopic (exact) mass is 388 g/mol. The van der Waals surface area contributed by atoms with Crippen LogP contribution in [0.3, 0.4) is 0 Å². The first-order valence-corrected chi connectivity index (χ1v) is 8.57. The Morgan fingerprint density at radius 2 is 1.71 bits per heavy atom. The number of nitrogen functional groups attached to an aromatic ring is 2. The Hall–Kier alpha value is -3.96. The summed E-state index contributed by atoms with van der Waals surface area (Å²) in [6, 6.07) is 18.2. The van der Waals surface area contributed by atoms with E-state index in [-0.39, 0.29) is 22.9 Å². The van der Waals surface area contributed by atoms with Gasteiger partial charge < -0.3 is 11.5 Å². The molecular formula is C19H13ClN8. The molecule has 0 aliphatic rings. The number of anilines is 2. The lowest BCUT2D eigenvalue weighted by Gasteiger charge is -2.08. The molecule has 0 saturated carbocycles. The summed E-state index contributed by atoms with van der Waals surface area (Å²) in [5, 5.41) is 22.7. The predicted octanol–water partition coefficient (Wildman–Crippen LogP) is 4.50. The Kier molecular flexibility index (Phi) is 4.35. The van der Waals surface area contributed by atoms with Crippen LogP contribution in [0.1, 0.15) is 5.56 Å². The number of fused-ring (bicyclic) bond motifs is 1. The molecule has 0 atom stereocenters. The predicted molar refractivity (Wildman–Crippen MR) is 108 cm³/mol. The largest absolute Gasteiger partial charge is 0.382 e. The van der Waals surface area contributed by atoms with Gasteiger partial charge in [-0.15, -0.1) is 10.2 Å². The maximum Gasteiger partial charge on any atom is 0.188 e. The molecule has 0 fully saturated rings. The van der Waals surface area contributed by atoms with Gasteiger partial charge in [0.05, 0.1) is 11.4 Å². The normalized spacial score (nSPS) is 11.1. The van der Waals surface area contributed by atoms with Crippen molar-refractivity contribution in [2.75, 3.05) is 11.5 Å². The number of hydrogen-bond acceptors (Lipinski definition) is 7. The summed E-state index contributed by atoms with van der Waals surface area (Å²) in [5.74, 6) is 0.233. The second-order valence-electron chi connectivity index (χ2n) is 5.84. The van der Waals surface area contributed by atoms with E-state index in [9.17, 15) is 5.26 Å². The summed E-state index contributed by atoms with van der Waals surface area (Å²) in [6.45, 7) is 0. The molecule has 0 aliphatic heterocycles. The van der Waals surface area contributed by atoms with Crippen LogP contribution in [0.25, 0.3) is 16.9 Å². The average Bonchev–Trinajstić information content (AvgIpc) is 3.04. The van der Waals surface area contributed by atoms with Crippen molar-refractivity contribution < 1.29 is 0 Å². The highest BCUT2D eigenvalue weighted by Gasteiger charge is 2.20. The van der Waals surface area contributed by atoms with Crippen molar-refractivity contribution >= 4 is 40.3 Å². The van der Waals surface area contributed by atoms with E-state index >= 15 is 0 Å². The SMILES string of the molecule is N#Cc1c(-c2ccccc2)nc2c(N=Nc3ccc(Cl)cc3)c(N)nn2c1N. The van der Waals surface area contributed by atoms with E-state index in [4.69, 9.17) is 23.1 Å². The molecule has 2 aromatic heterocycles. The fourth-order valence-electron chi connectivity index (χ4n) is 2.70. The third kappa shape index (κ3) is 3.00.